The van der Waals surface area contributed by atoms with Crippen LogP contribution in [0.3, 0.4) is 0 Å². The van der Waals surface area contributed by atoms with Crippen molar-refractivity contribution in [1.29, 1.82) is 0 Å². The number of β-amino-alcohol motifs (C(OH)–C–C–N with tert-alkyl or cyclic N) is 1. The number of hydrogen-bond donors (Lipinski definition) is 3. The van der Waals surface area contributed by atoms with Gasteiger partial charge in [-0.3, -0.25) is 25.5 Å². The van der Waals surface area contributed by atoms with Crippen LogP contribution < -0.4 is 10.9 Å². The summed E-state index contributed by atoms with van der Waals surface area (Å²) in [5.41, 5.74) is 8.47. The van der Waals surface area contributed by atoms with Crippen molar-refractivity contribution < 1.29 is 14.3 Å². The molecule has 5 rings (SSSR count). The van der Waals surface area contributed by atoms with Crippen LogP contribution in [0.2, 0.25) is 0 Å². The fourth-order valence-electron chi connectivity index (χ4n) is 3.90. The number of hydrogen-bond acceptors (Lipinski definition) is 7. The maximum Gasteiger partial charge on any atom is 0.289 e. The lowest BCUT2D eigenvalue weighted by molar-refractivity contribution is 0.0957. The smallest absolute Gasteiger partial charge is 0.289 e. The van der Waals surface area contributed by atoms with E-state index in [1.54, 1.807) is 6.07 Å². The third-order valence-electron chi connectivity index (χ3n) is 5.34. The Morgan fingerprint density at radius 1 is 1.23 bits per heavy atom. The van der Waals surface area contributed by atoms with Gasteiger partial charge in [0.2, 0.25) is 0 Å². The number of aliphatic hydroxyl groups excluding tert-OH is 1. The van der Waals surface area contributed by atoms with Crippen molar-refractivity contribution in [2.75, 3.05) is 18.5 Å². The molecule has 0 radical (unpaired) electrons. The number of hydrazine groups is 1. The molecule has 158 valence electrons. The standard InChI is InChI=1S/C21H20FN7O2/c22-13-1-3-18-16(9-13)25-20(26-27-21(31)17-10-23-6-7-24-17)19-4-2-14(29(18)19)11-28-8-5-15(30)12-28/h1-4,6-7,9-10,15,30H,5,8,11-12H2,(H,25,26)(H,27,31). The van der Waals surface area contributed by atoms with Crippen molar-refractivity contribution in [2.45, 2.75) is 19.1 Å². The van der Waals surface area contributed by atoms with E-state index in [9.17, 15) is 14.3 Å². The van der Waals surface area contributed by atoms with Gasteiger partial charge in [0.25, 0.3) is 5.91 Å². The number of anilines is 1. The van der Waals surface area contributed by atoms with Crippen molar-refractivity contribution >= 4 is 28.3 Å². The third-order valence-corrected chi connectivity index (χ3v) is 5.34. The number of rotatable bonds is 5. The second-order valence-electron chi connectivity index (χ2n) is 7.49. The first-order chi connectivity index (χ1) is 15.1. The van der Waals surface area contributed by atoms with Crippen LogP contribution in [0, 0.1) is 5.82 Å². The molecule has 1 saturated heterocycles. The number of likely N-dealkylation sites (tertiary alicyclic amines) is 1. The fourth-order valence-corrected chi connectivity index (χ4v) is 3.90. The molecule has 4 heterocycles. The number of aromatic nitrogens is 4. The van der Waals surface area contributed by atoms with Gasteiger partial charge in [0.15, 0.2) is 5.82 Å². The summed E-state index contributed by atoms with van der Waals surface area (Å²) in [6.45, 7) is 2.06. The predicted molar refractivity (Wildman–Crippen MR) is 112 cm³/mol. The number of nitrogens with one attached hydrogen (secondary N) is 2. The molecule has 3 aromatic heterocycles. The van der Waals surface area contributed by atoms with Crippen LogP contribution in [0.1, 0.15) is 22.6 Å². The largest absolute Gasteiger partial charge is 0.392 e. The van der Waals surface area contributed by atoms with Gasteiger partial charge in [0.05, 0.1) is 28.9 Å². The molecule has 1 aromatic carbocycles. The number of aliphatic hydroxyl groups is 1. The second-order valence-corrected chi connectivity index (χ2v) is 7.49. The van der Waals surface area contributed by atoms with Gasteiger partial charge in [-0.1, -0.05) is 0 Å². The molecule has 0 bridgehead atoms. The SMILES string of the molecule is O=C(NNc1nc2cc(F)ccc2n2c(CN3CCC(O)C3)ccc12)c1cnccn1. The van der Waals surface area contributed by atoms with Gasteiger partial charge in [-0.25, -0.2) is 14.4 Å². The van der Waals surface area contributed by atoms with E-state index in [4.69, 9.17) is 0 Å². The number of nitrogens with zero attached hydrogens (tertiary/aromatic N) is 5. The highest BCUT2D eigenvalue weighted by molar-refractivity contribution is 5.93. The Morgan fingerprint density at radius 2 is 2.10 bits per heavy atom. The van der Waals surface area contributed by atoms with Crippen molar-refractivity contribution in [3.63, 3.8) is 0 Å². The Bertz CT molecular complexity index is 1260. The van der Waals surface area contributed by atoms with Gasteiger partial charge < -0.3 is 9.51 Å². The van der Waals surface area contributed by atoms with Crippen molar-refractivity contribution in [3.8, 4) is 0 Å². The Hall–Kier alpha value is -3.63. The van der Waals surface area contributed by atoms with Crippen LogP contribution in [0.25, 0.3) is 16.6 Å². The van der Waals surface area contributed by atoms with Crippen LogP contribution in [0.5, 0.6) is 0 Å². The Labute approximate surface area is 176 Å². The summed E-state index contributed by atoms with van der Waals surface area (Å²) < 4.78 is 15.9. The number of benzene rings is 1. The first-order valence-corrected chi connectivity index (χ1v) is 9.91. The topological polar surface area (TPSA) is 108 Å². The van der Waals surface area contributed by atoms with E-state index >= 15 is 0 Å². The molecule has 4 aromatic rings. The zero-order valence-corrected chi connectivity index (χ0v) is 16.5. The maximum atomic E-state index is 13.9. The zero-order valence-electron chi connectivity index (χ0n) is 16.5. The lowest BCUT2D eigenvalue weighted by Gasteiger charge is -2.17. The predicted octanol–water partition coefficient (Wildman–Crippen LogP) is 1.74. The summed E-state index contributed by atoms with van der Waals surface area (Å²) >= 11 is 0. The Balaban J connectivity index is 1.52. The molecular formula is C21H20FN7O2. The zero-order chi connectivity index (χ0) is 21.4. The molecule has 1 fully saturated rings. The molecule has 1 aliphatic rings. The molecule has 1 atom stereocenters. The molecule has 1 unspecified atom stereocenters. The lowest BCUT2D eigenvalue weighted by atomic mass is 10.2. The van der Waals surface area contributed by atoms with Gasteiger partial charge >= 0.3 is 0 Å². The van der Waals surface area contributed by atoms with Crippen LogP contribution in [-0.2, 0) is 6.54 Å². The molecule has 1 aliphatic heterocycles. The molecule has 0 spiro atoms. The van der Waals surface area contributed by atoms with Crippen LogP contribution in [0.15, 0.2) is 48.9 Å². The monoisotopic (exact) mass is 421 g/mol. The molecule has 3 N–H and O–H groups in total. The average molecular weight is 421 g/mol. The summed E-state index contributed by atoms with van der Waals surface area (Å²) in [6.07, 6.45) is 4.70. The number of amides is 1. The van der Waals surface area contributed by atoms with E-state index in [1.807, 2.05) is 16.5 Å². The Kier molecular flexibility index (Phi) is 4.92. The molecule has 10 heteroatoms. The lowest BCUT2D eigenvalue weighted by Crippen LogP contribution is -2.31. The molecule has 1 amide bonds. The molecule has 9 nitrogen and oxygen atoms in total. The summed E-state index contributed by atoms with van der Waals surface area (Å²) in [4.78, 5) is 26.9. The van der Waals surface area contributed by atoms with Gasteiger partial charge in [-0.05, 0) is 30.7 Å². The molecule has 0 saturated carbocycles. The minimum atomic E-state index is -0.467. The summed E-state index contributed by atoms with van der Waals surface area (Å²) in [5, 5.41) is 9.84. The average Bonchev–Trinajstić information content (AvgIpc) is 3.39. The number of fused-ring (bicyclic) bond motifs is 3. The van der Waals surface area contributed by atoms with Crippen LogP contribution >= 0.6 is 0 Å². The molecular weight excluding hydrogens is 401 g/mol. The highest BCUT2D eigenvalue weighted by Gasteiger charge is 2.22. The molecule has 31 heavy (non-hydrogen) atoms. The summed E-state index contributed by atoms with van der Waals surface area (Å²) in [5.74, 6) is -0.487. The summed E-state index contributed by atoms with van der Waals surface area (Å²) in [7, 11) is 0. The first-order valence-electron chi connectivity index (χ1n) is 9.91. The quantitative estimate of drug-likeness (QED) is 0.421. The van der Waals surface area contributed by atoms with Gasteiger partial charge in [0.1, 0.15) is 11.5 Å². The van der Waals surface area contributed by atoms with Crippen LogP contribution in [-0.4, -0.2) is 54.5 Å². The highest BCUT2D eigenvalue weighted by atomic mass is 19.1. The van der Waals surface area contributed by atoms with Gasteiger partial charge in [-0.2, -0.15) is 0 Å². The van der Waals surface area contributed by atoms with Gasteiger partial charge in [0, 0.05) is 43.8 Å². The van der Waals surface area contributed by atoms with E-state index in [2.05, 4.69) is 30.7 Å². The van der Waals surface area contributed by atoms with E-state index < -0.39 is 11.7 Å². The van der Waals surface area contributed by atoms with Crippen LogP contribution in [0.4, 0.5) is 10.2 Å². The minimum Gasteiger partial charge on any atom is -0.392 e. The van der Waals surface area contributed by atoms with Crippen molar-refractivity contribution in [1.82, 2.24) is 29.7 Å². The number of carbonyl (C=O) groups is 1. The number of halogens is 1. The second kappa shape index (κ2) is 7.89. The van der Waals surface area contributed by atoms with E-state index in [1.165, 1.54) is 30.7 Å². The highest BCUT2D eigenvalue weighted by Crippen LogP contribution is 2.26. The first kappa shape index (κ1) is 19.3. The number of carbonyl (C=O) groups excluding carboxylic acids is 1. The third kappa shape index (κ3) is 3.78. The van der Waals surface area contributed by atoms with Gasteiger partial charge in [-0.15, -0.1) is 0 Å². The Morgan fingerprint density at radius 3 is 2.87 bits per heavy atom. The van der Waals surface area contributed by atoms with Crippen molar-refractivity contribution in [3.05, 3.63) is 66.1 Å². The van der Waals surface area contributed by atoms with Crippen molar-refractivity contribution in [2.24, 2.45) is 0 Å². The van der Waals surface area contributed by atoms with E-state index in [0.29, 0.717) is 24.4 Å². The van der Waals surface area contributed by atoms with E-state index in [0.717, 1.165) is 29.7 Å². The maximum absolute atomic E-state index is 13.9. The summed E-state index contributed by atoms with van der Waals surface area (Å²) in [6, 6.07) is 8.31. The normalized spacial score (nSPS) is 16.8. The minimum absolute atomic E-state index is 0.154. The molecule has 0 aliphatic carbocycles. The fraction of sp³-hybridized carbons (Fsp3) is 0.238. The van der Waals surface area contributed by atoms with E-state index in [-0.39, 0.29) is 11.8 Å².